The smallest absolute Gasteiger partial charge is 0.322 e. The highest BCUT2D eigenvalue weighted by Gasteiger charge is 2.27. The summed E-state index contributed by atoms with van der Waals surface area (Å²) in [5.41, 5.74) is 5.55. The molecule has 1 heterocycles. The van der Waals surface area contributed by atoms with E-state index >= 15 is 0 Å². The van der Waals surface area contributed by atoms with Crippen LogP contribution in [0.15, 0.2) is 0 Å². The van der Waals surface area contributed by atoms with Gasteiger partial charge in [0.15, 0.2) is 0 Å². The van der Waals surface area contributed by atoms with Crippen molar-refractivity contribution in [1.29, 1.82) is 0 Å². The van der Waals surface area contributed by atoms with Gasteiger partial charge in [0, 0.05) is 12.6 Å². The van der Waals surface area contributed by atoms with Gasteiger partial charge in [0.25, 0.3) is 0 Å². The highest BCUT2D eigenvalue weighted by Crippen LogP contribution is 2.04. The molecule has 1 rings (SSSR count). The first kappa shape index (κ1) is 10.7. The number of hydrogen-bond donors (Lipinski definition) is 2. The standard InChI is InChI=1S/C6H12N2O2.ClH/c1-10-6(9)5-2-4(7)3-8-5;/h4-5,8H,2-3,7H2,1H3;1H/t4-,5-;/m0./s1. The first-order valence-corrected chi connectivity index (χ1v) is 3.31. The third-order valence-electron chi connectivity index (χ3n) is 1.65. The number of ether oxygens (including phenoxy) is 1. The van der Waals surface area contributed by atoms with Gasteiger partial charge >= 0.3 is 5.97 Å². The fourth-order valence-corrected chi connectivity index (χ4v) is 1.08. The van der Waals surface area contributed by atoms with Crippen molar-refractivity contribution < 1.29 is 9.53 Å². The predicted octanol–water partition coefficient (Wildman–Crippen LogP) is -0.730. The summed E-state index contributed by atoms with van der Waals surface area (Å²) in [6.45, 7) is 0.708. The molecule has 0 aromatic heterocycles. The zero-order valence-electron chi connectivity index (χ0n) is 6.37. The minimum atomic E-state index is -0.215. The second-order valence-corrected chi connectivity index (χ2v) is 2.48. The van der Waals surface area contributed by atoms with E-state index in [1.54, 1.807) is 0 Å². The molecule has 0 radical (unpaired) electrons. The summed E-state index contributed by atoms with van der Waals surface area (Å²) in [4.78, 5) is 10.8. The predicted molar refractivity (Wildman–Crippen MR) is 43.6 cm³/mol. The Morgan fingerprint density at radius 2 is 2.36 bits per heavy atom. The van der Waals surface area contributed by atoms with Crippen molar-refractivity contribution in [2.75, 3.05) is 13.7 Å². The van der Waals surface area contributed by atoms with Crippen molar-refractivity contribution in [2.45, 2.75) is 18.5 Å². The Kier molecular flexibility index (Phi) is 4.40. The molecule has 3 N–H and O–H groups in total. The summed E-state index contributed by atoms with van der Waals surface area (Å²) in [5.74, 6) is -0.215. The van der Waals surface area contributed by atoms with Crippen molar-refractivity contribution in [3.63, 3.8) is 0 Å². The molecule has 5 heteroatoms. The fraction of sp³-hybridized carbons (Fsp3) is 0.833. The van der Waals surface area contributed by atoms with Crippen LogP contribution in [-0.2, 0) is 9.53 Å². The van der Waals surface area contributed by atoms with E-state index in [4.69, 9.17) is 5.73 Å². The highest BCUT2D eigenvalue weighted by molar-refractivity contribution is 5.85. The Morgan fingerprint density at radius 3 is 2.73 bits per heavy atom. The van der Waals surface area contributed by atoms with Gasteiger partial charge in [-0.25, -0.2) is 0 Å². The fourth-order valence-electron chi connectivity index (χ4n) is 1.08. The lowest BCUT2D eigenvalue weighted by Gasteiger charge is -2.05. The van der Waals surface area contributed by atoms with E-state index in [1.165, 1.54) is 7.11 Å². The van der Waals surface area contributed by atoms with Gasteiger partial charge in [0.1, 0.15) is 6.04 Å². The number of nitrogens with one attached hydrogen (secondary N) is 1. The Balaban J connectivity index is 0.000001000. The first-order chi connectivity index (χ1) is 4.74. The van der Waals surface area contributed by atoms with Gasteiger partial charge in [-0.3, -0.25) is 4.79 Å². The number of nitrogens with two attached hydrogens (primary N) is 1. The van der Waals surface area contributed by atoms with Gasteiger partial charge in [-0.05, 0) is 6.42 Å². The molecule has 4 nitrogen and oxygen atoms in total. The average Bonchev–Trinajstić information content (AvgIpc) is 2.34. The number of carbonyl (C=O) groups is 1. The molecule has 0 spiro atoms. The van der Waals surface area contributed by atoms with E-state index < -0.39 is 0 Å². The minimum Gasteiger partial charge on any atom is -0.468 e. The van der Waals surface area contributed by atoms with Crippen LogP contribution in [0.1, 0.15) is 6.42 Å². The molecule has 0 aromatic carbocycles. The van der Waals surface area contributed by atoms with E-state index in [0.29, 0.717) is 13.0 Å². The summed E-state index contributed by atoms with van der Waals surface area (Å²) in [6.07, 6.45) is 0.687. The summed E-state index contributed by atoms with van der Waals surface area (Å²) in [6, 6.07) is -0.0795. The van der Waals surface area contributed by atoms with Crippen LogP contribution in [0.2, 0.25) is 0 Å². The second kappa shape index (κ2) is 4.54. The maximum Gasteiger partial charge on any atom is 0.322 e. The Morgan fingerprint density at radius 1 is 1.73 bits per heavy atom. The Bertz CT molecular complexity index is 143. The molecule has 2 atom stereocenters. The number of hydrogen-bond acceptors (Lipinski definition) is 4. The maximum absolute atomic E-state index is 10.8. The highest BCUT2D eigenvalue weighted by atomic mass is 35.5. The maximum atomic E-state index is 10.8. The molecule has 1 aliphatic rings. The van der Waals surface area contributed by atoms with Gasteiger partial charge in [0.2, 0.25) is 0 Å². The van der Waals surface area contributed by atoms with Crippen molar-refractivity contribution >= 4 is 18.4 Å². The summed E-state index contributed by atoms with van der Waals surface area (Å²) < 4.78 is 4.53. The number of methoxy groups -OCH3 is 1. The van der Waals surface area contributed by atoms with Crippen LogP contribution < -0.4 is 11.1 Å². The van der Waals surface area contributed by atoms with E-state index in [2.05, 4.69) is 10.1 Å². The molecular formula is C6H13ClN2O2. The molecule has 1 aliphatic heterocycles. The van der Waals surface area contributed by atoms with Crippen LogP contribution in [0, 0.1) is 0 Å². The van der Waals surface area contributed by atoms with Gasteiger partial charge < -0.3 is 15.8 Å². The summed E-state index contributed by atoms with van der Waals surface area (Å²) in [7, 11) is 1.38. The van der Waals surface area contributed by atoms with Gasteiger partial charge in [0.05, 0.1) is 7.11 Å². The number of rotatable bonds is 1. The molecule has 0 saturated carbocycles. The normalized spacial score (nSPS) is 29.3. The first-order valence-electron chi connectivity index (χ1n) is 3.31. The third kappa shape index (κ3) is 2.65. The van der Waals surface area contributed by atoms with Crippen molar-refractivity contribution in [1.82, 2.24) is 5.32 Å². The largest absolute Gasteiger partial charge is 0.468 e. The van der Waals surface area contributed by atoms with E-state index in [-0.39, 0.29) is 30.5 Å². The number of carbonyl (C=O) groups excluding carboxylic acids is 1. The minimum absolute atomic E-state index is 0. The van der Waals surface area contributed by atoms with Crippen molar-refractivity contribution in [3.8, 4) is 0 Å². The molecule has 0 bridgehead atoms. The van der Waals surface area contributed by atoms with Crippen molar-refractivity contribution in [3.05, 3.63) is 0 Å². The molecule has 66 valence electrons. The molecule has 0 amide bonds. The van der Waals surface area contributed by atoms with Crippen LogP contribution in [0.25, 0.3) is 0 Å². The molecule has 0 unspecified atom stereocenters. The zero-order chi connectivity index (χ0) is 7.56. The van der Waals surface area contributed by atoms with Gasteiger partial charge in [-0.2, -0.15) is 0 Å². The lowest BCUT2D eigenvalue weighted by Crippen LogP contribution is -2.31. The van der Waals surface area contributed by atoms with Gasteiger partial charge in [-0.1, -0.05) is 0 Å². The van der Waals surface area contributed by atoms with Crippen LogP contribution in [0.5, 0.6) is 0 Å². The zero-order valence-corrected chi connectivity index (χ0v) is 7.19. The number of halogens is 1. The third-order valence-corrected chi connectivity index (χ3v) is 1.65. The van der Waals surface area contributed by atoms with Crippen LogP contribution in [0.3, 0.4) is 0 Å². The average molecular weight is 181 g/mol. The number of esters is 1. The SMILES string of the molecule is COC(=O)[C@@H]1C[C@H](N)CN1.Cl. The monoisotopic (exact) mass is 180 g/mol. The molecular weight excluding hydrogens is 168 g/mol. The quantitative estimate of drug-likeness (QED) is 0.523. The van der Waals surface area contributed by atoms with Gasteiger partial charge in [-0.15, -0.1) is 12.4 Å². The van der Waals surface area contributed by atoms with Crippen LogP contribution in [0.4, 0.5) is 0 Å². The van der Waals surface area contributed by atoms with E-state index in [0.717, 1.165) is 0 Å². The van der Waals surface area contributed by atoms with E-state index in [9.17, 15) is 4.79 Å². The summed E-state index contributed by atoms with van der Waals surface area (Å²) >= 11 is 0. The van der Waals surface area contributed by atoms with E-state index in [1.807, 2.05) is 0 Å². The molecule has 1 saturated heterocycles. The topological polar surface area (TPSA) is 64.3 Å². The molecule has 11 heavy (non-hydrogen) atoms. The Hall–Kier alpha value is -0.320. The van der Waals surface area contributed by atoms with Crippen LogP contribution >= 0.6 is 12.4 Å². The molecule has 0 aliphatic carbocycles. The lowest BCUT2D eigenvalue weighted by atomic mass is 10.2. The lowest BCUT2D eigenvalue weighted by molar-refractivity contribution is -0.142. The molecule has 0 aromatic rings. The van der Waals surface area contributed by atoms with Crippen LogP contribution in [-0.4, -0.2) is 31.7 Å². The molecule has 1 fully saturated rings. The van der Waals surface area contributed by atoms with Crippen molar-refractivity contribution in [2.24, 2.45) is 5.73 Å². The Labute approximate surface area is 71.9 Å². The summed E-state index contributed by atoms with van der Waals surface area (Å²) in [5, 5.41) is 2.96. The second-order valence-electron chi connectivity index (χ2n) is 2.48.